The van der Waals surface area contributed by atoms with Crippen molar-refractivity contribution in [3.8, 4) is 0 Å². The third-order valence-electron chi connectivity index (χ3n) is 1.81. The first kappa shape index (κ1) is 6.79. The van der Waals surface area contributed by atoms with E-state index >= 15 is 0 Å². The quantitative estimate of drug-likeness (QED) is 0.687. The van der Waals surface area contributed by atoms with Gasteiger partial charge in [-0.1, -0.05) is 5.16 Å². The van der Waals surface area contributed by atoms with Gasteiger partial charge >= 0.3 is 0 Å². The molecule has 4 heteroatoms. The monoisotopic (exact) mass is 153 g/mol. The summed E-state index contributed by atoms with van der Waals surface area (Å²) < 4.78 is 4.81. The Hall–Kier alpha value is -0.900. The van der Waals surface area contributed by atoms with Crippen LogP contribution in [0.3, 0.4) is 0 Å². The van der Waals surface area contributed by atoms with Gasteiger partial charge in [0.25, 0.3) is 0 Å². The van der Waals surface area contributed by atoms with Crippen LogP contribution in [0.25, 0.3) is 0 Å². The number of hydrogen-bond donors (Lipinski definition) is 1. The molecule has 1 aromatic heterocycles. The van der Waals surface area contributed by atoms with Gasteiger partial charge in [0.2, 0.25) is 5.89 Å². The molecule has 0 bridgehead atoms. The second-order valence-corrected chi connectivity index (χ2v) is 2.91. The van der Waals surface area contributed by atoms with Gasteiger partial charge in [-0.25, -0.2) is 0 Å². The second-order valence-electron chi connectivity index (χ2n) is 2.91. The highest BCUT2D eigenvalue weighted by atomic mass is 16.5. The van der Waals surface area contributed by atoms with Gasteiger partial charge in [0.15, 0.2) is 6.33 Å². The summed E-state index contributed by atoms with van der Waals surface area (Å²) in [5.74, 6) is 1.57. The zero-order valence-electron chi connectivity index (χ0n) is 6.29. The highest BCUT2D eigenvalue weighted by Gasteiger charge is 2.20. The molecule has 1 saturated carbocycles. The normalized spacial score (nSPS) is 17.1. The standard InChI is InChI=1S/C7H11N3O/c1-2-6(1)3-8-4-7-9-5-10-11-7/h5-6,8H,1-4H2. The van der Waals surface area contributed by atoms with Gasteiger partial charge in [0, 0.05) is 0 Å². The van der Waals surface area contributed by atoms with E-state index in [9.17, 15) is 0 Å². The highest BCUT2D eigenvalue weighted by molar-refractivity contribution is 4.78. The van der Waals surface area contributed by atoms with Crippen molar-refractivity contribution in [2.24, 2.45) is 5.92 Å². The van der Waals surface area contributed by atoms with Gasteiger partial charge in [-0.05, 0) is 25.3 Å². The van der Waals surface area contributed by atoms with Crippen molar-refractivity contribution in [2.75, 3.05) is 6.54 Å². The molecule has 4 nitrogen and oxygen atoms in total. The third kappa shape index (κ3) is 2.01. The van der Waals surface area contributed by atoms with Crippen LogP contribution < -0.4 is 5.32 Å². The Labute approximate surface area is 65.0 Å². The maximum absolute atomic E-state index is 4.81. The first-order valence-electron chi connectivity index (χ1n) is 3.91. The van der Waals surface area contributed by atoms with Crippen molar-refractivity contribution < 1.29 is 4.52 Å². The molecule has 1 aromatic rings. The Morgan fingerprint density at radius 2 is 2.55 bits per heavy atom. The van der Waals surface area contributed by atoms with E-state index in [-0.39, 0.29) is 0 Å². The number of hydrogen-bond acceptors (Lipinski definition) is 4. The van der Waals surface area contributed by atoms with Crippen LogP contribution >= 0.6 is 0 Å². The topological polar surface area (TPSA) is 51.0 Å². The molecule has 0 spiro atoms. The Morgan fingerprint density at radius 3 is 3.18 bits per heavy atom. The van der Waals surface area contributed by atoms with Crippen molar-refractivity contribution in [2.45, 2.75) is 19.4 Å². The number of aromatic nitrogens is 2. The van der Waals surface area contributed by atoms with E-state index in [2.05, 4.69) is 15.5 Å². The van der Waals surface area contributed by atoms with Crippen molar-refractivity contribution in [3.05, 3.63) is 12.2 Å². The van der Waals surface area contributed by atoms with Crippen LogP contribution in [-0.4, -0.2) is 16.7 Å². The molecule has 1 fully saturated rings. The van der Waals surface area contributed by atoms with Crippen LogP contribution in [0, 0.1) is 5.92 Å². The van der Waals surface area contributed by atoms with Gasteiger partial charge < -0.3 is 9.84 Å². The summed E-state index contributed by atoms with van der Waals surface area (Å²) >= 11 is 0. The molecule has 0 saturated heterocycles. The molecule has 1 N–H and O–H groups in total. The maximum atomic E-state index is 4.81. The van der Waals surface area contributed by atoms with E-state index in [1.54, 1.807) is 0 Å². The summed E-state index contributed by atoms with van der Waals surface area (Å²) in [6.45, 7) is 1.79. The molecule has 0 amide bonds. The molecule has 0 aliphatic heterocycles. The van der Waals surface area contributed by atoms with Gasteiger partial charge in [-0.2, -0.15) is 4.98 Å². The molecule has 2 rings (SSSR count). The predicted molar refractivity (Wildman–Crippen MR) is 38.7 cm³/mol. The SMILES string of the molecule is c1noc(CNCC2CC2)n1. The zero-order valence-corrected chi connectivity index (χ0v) is 6.29. The summed E-state index contributed by atoms with van der Waals surface area (Å²) in [6.07, 6.45) is 4.17. The Kier molecular flexibility index (Phi) is 1.85. The molecule has 1 heterocycles. The van der Waals surface area contributed by atoms with Gasteiger partial charge in [-0.15, -0.1) is 0 Å². The number of nitrogens with one attached hydrogen (secondary N) is 1. The molecule has 1 aliphatic rings. The van der Waals surface area contributed by atoms with Crippen molar-refractivity contribution in [1.29, 1.82) is 0 Å². The number of rotatable bonds is 4. The van der Waals surface area contributed by atoms with Crippen molar-refractivity contribution in [1.82, 2.24) is 15.5 Å². The molecule has 0 radical (unpaired) electrons. The predicted octanol–water partition coefficient (Wildman–Crippen LogP) is 0.569. The average Bonchev–Trinajstić information content (AvgIpc) is 2.66. The number of nitrogens with zero attached hydrogens (tertiary/aromatic N) is 2. The highest BCUT2D eigenvalue weighted by Crippen LogP contribution is 2.27. The summed E-state index contributed by atoms with van der Waals surface area (Å²) in [5.41, 5.74) is 0. The first-order valence-corrected chi connectivity index (χ1v) is 3.91. The smallest absolute Gasteiger partial charge is 0.240 e. The lowest BCUT2D eigenvalue weighted by atomic mass is 10.4. The lowest BCUT2D eigenvalue weighted by Crippen LogP contribution is -2.16. The molecule has 0 unspecified atom stereocenters. The molecule has 0 aromatic carbocycles. The largest absolute Gasteiger partial charge is 0.338 e. The molecular weight excluding hydrogens is 142 g/mol. The van der Waals surface area contributed by atoms with E-state index < -0.39 is 0 Å². The van der Waals surface area contributed by atoms with Crippen LogP contribution in [0.5, 0.6) is 0 Å². The average molecular weight is 153 g/mol. The Morgan fingerprint density at radius 1 is 1.64 bits per heavy atom. The van der Waals surface area contributed by atoms with Crippen molar-refractivity contribution in [3.63, 3.8) is 0 Å². The minimum Gasteiger partial charge on any atom is -0.338 e. The van der Waals surface area contributed by atoms with E-state index in [0.29, 0.717) is 12.4 Å². The molecule has 11 heavy (non-hydrogen) atoms. The van der Waals surface area contributed by atoms with E-state index in [4.69, 9.17) is 4.52 Å². The maximum Gasteiger partial charge on any atom is 0.240 e. The van der Waals surface area contributed by atoms with Gasteiger partial charge in [0.1, 0.15) is 0 Å². The van der Waals surface area contributed by atoms with Gasteiger partial charge in [0.05, 0.1) is 6.54 Å². The van der Waals surface area contributed by atoms with Crippen LogP contribution in [-0.2, 0) is 6.54 Å². The first-order chi connectivity index (χ1) is 5.45. The summed E-state index contributed by atoms with van der Waals surface area (Å²) in [6, 6.07) is 0. The molecule has 1 aliphatic carbocycles. The fourth-order valence-electron chi connectivity index (χ4n) is 0.979. The molecular formula is C7H11N3O. The van der Waals surface area contributed by atoms with Crippen LogP contribution in [0.15, 0.2) is 10.9 Å². The van der Waals surface area contributed by atoms with E-state index in [1.807, 2.05) is 0 Å². The Balaban J connectivity index is 1.66. The minimum atomic E-state index is 0.672. The Bertz CT molecular complexity index is 205. The second kappa shape index (κ2) is 3.00. The summed E-state index contributed by atoms with van der Waals surface area (Å²) in [5, 5.41) is 6.76. The fraction of sp³-hybridized carbons (Fsp3) is 0.714. The fourth-order valence-corrected chi connectivity index (χ4v) is 0.979. The van der Waals surface area contributed by atoms with Crippen LogP contribution in [0.1, 0.15) is 18.7 Å². The summed E-state index contributed by atoms with van der Waals surface area (Å²) in [7, 11) is 0. The zero-order chi connectivity index (χ0) is 7.52. The van der Waals surface area contributed by atoms with Crippen LogP contribution in [0.4, 0.5) is 0 Å². The lowest BCUT2D eigenvalue weighted by molar-refractivity contribution is 0.365. The molecule has 0 atom stereocenters. The van der Waals surface area contributed by atoms with Gasteiger partial charge in [-0.3, -0.25) is 0 Å². The van der Waals surface area contributed by atoms with E-state index in [0.717, 1.165) is 12.5 Å². The minimum absolute atomic E-state index is 0.672. The molecule has 60 valence electrons. The summed E-state index contributed by atoms with van der Waals surface area (Å²) in [4.78, 5) is 3.89. The third-order valence-corrected chi connectivity index (χ3v) is 1.81. The van der Waals surface area contributed by atoms with Crippen LogP contribution in [0.2, 0.25) is 0 Å². The lowest BCUT2D eigenvalue weighted by Gasteiger charge is -1.96. The van der Waals surface area contributed by atoms with Crippen molar-refractivity contribution >= 4 is 0 Å². The van der Waals surface area contributed by atoms with E-state index in [1.165, 1.54) is 19.2 Å².